The van der Waals surface area contributed by atoms with Crippen LogP contribution in [0.15, 0.2) is 42.5 Å². The molecule has 3 heteroatoms. The molecule has 0 bridgehead atoms. The zero-order valence-electron chi connectivity index (χ0n) is 16.0. The lowest BCUT2D eigenvalue weighted by Gasteiger charge is -2.37. The monoisotopic (exact) mass is 350 g/mol. The van der Waals surface area contributed by atoms with Crippen molar-refractivity contribution in [2.45, 2.75) is 51.6 Å². The maximum Gasteiger partial charge on any atom is 0.132 e. The highest BCUT2D eigenvalue weighted by Gasteiger charge is 2.30. The summed E-state index contributed by atoms with van der Waals surface area (Å²) in [5.41, 5.74) is 3.96. The first-order valence-corrected chi connectivity index (χ1v) is 10.2. The maximum atomic E-state index is 6.22. The number of nitrogens with zero attached hydrogens (tertiary/aromatic N) is 1. The summed E-state index contributed by atoms with van der Waals surface area (Å²) in [6.45, 7) is 8.01. The second kappa shape index (κ2) is 7.81. The fraction of sp³-hybridized carbons (Fsp3) is 0.478. The molecule has 2 aliphatic rings. The lowest BCUT2D eigenvalue weighted by Crippen LogP contribution is -2.47. The van der Waals surface area contributed by atoms with Crippen molar-refractivity contribution in [3.05, 3.63) is 59.2 Å². The van der Waals surface area contributed by atoms with E-state index in [4.69, 9.17) is 4.74 Å². The van der Waals surface area contributed by atoms with E-state index in [2.05, 4.69) is 66.5 Å². The van der Waals surface area contributed by atoms with Crippen molar-refractivity contribution >= 4 is 0 Å². The van der Waals surface area contributed by atoms with E-state index in [0.29, 0.717) is 6.04 Å². The third kappa shape index (κ3) is 3.51. The van der Waals surface area contributed by atoms with Gasteiger partial charge in [0.05, 0.1) is 6.04 Å². The van der Waals surface area contributed by atoms with Gasteiger partial charge in [-0.05, 0) is 50.0 Å². The molecule has 2 aromatic carbocycles. The molecule has 0 aliphatic carbocycles. The molecule has 2 aromatic rings. The summed E-state index contributed by atoms with van der Waals surface area (Å²) in [4.78, 5) is 2.56. The van der Waals surface area contributed by atoms with Gasteiger partial charge in [-0.1, -0.05) is 50.6 Å². The largest absolute Gasteiger partial charge is 0.457 e. The summed E-state index contributed by atoms with van der Waals surface area (Å²) >= 11 is 0. The van der Waals surface area contributed by atoms with Crippen LogP contribution in [0.3, 0.4) is 0 Å². The summed E-state index contributed by atoms with van der Waals surface area (Å²) < 4.78 is 6.22. The molecular formula is C23H30N2O. The van der Waals surface area contributed by atoms with Gasteiger partial charge in [-0.3, -0.25) is 0 Å². The highest BCUT2D eigenvalue weighted by Crippen LogP contribution is 2.43. The van der Waals surface area contributed by atoms with Gasteiger partial charge in [0.25, 0.3) is 0 Å². The first-order chi connectivity index (χ1) is 12.8. The van der Waals surface area contributed by atoms with E-state index in [1.54, 1.807) is 0 Å². The molecule has 0 spiro atoms. The Balaban J connectivity index is 1.67. The van der Waals surface area contributed by atoms with Crippen LogP contribution in [-0.4, -0.2) is 30.6 Å². The Bertz CT molecular complexity index is 758. The SMILES string of the molecule is CCCc1ccc2c(c1)C(NC1CCCN(CC)C1)c1ccccc1O2. The number of hydrogen-bond donors (Lipinski definition) is 1. The topological polar surface area (TPSA) is 24.5 Å². The first-order valence-electron chi connectivity index (χ1n) is 10.2. The van der Waals surface area contributed by atoms with E-state index in [9.17, 15) is 0 Å². The van der Waals surface area contributed by atoms with E-state index in [1.165, 1.54) is 42.5 Å². The van der Waals surface area contributed by atoms with Gasteiger partial charge in [0.2, 0.25) is 0 Å². The number of likely N-dealkylation sites (N-methyl/N-ethyl adjacent to an activating group) is 1. The van der Waals surface area contributed by atoms with Gasteiger partial charge in [-0.2, -0.15) is 0 Å². The number of likely N-dealkylation sites (tertiary alicyclic amines) is 1. The minimum absolute atomic E-state index is 0.216. The van der Waals surface area contributed by atoms with Gasteiger partial charge < -0.3 is 15.0 Å². The summed E-state index contributed by atoms with van der Waals surface area (Å²) in [6.07, 6.45) is 4.82. The molecule has 4 rings (SSSR count). The van der Waals surface area contributed by atoms with Gasteiger partial charge in [0.1, 0.15) is 11.5 Å². The number of piperidine rings is 1. The van der Waals surface area contributed by atoms with Crippen molar-refractivity contribution in [3.8, 4) is 11.5 Å². The van der Waals surface area contributed by atoms with Crippen LogP contribution < -0.4 is 10.1 Å². The average molecular weight is 351 g/mol. The zero-order chi connectivity index (χ0) is 17.9. The molecule has 2 aliphatic heterocycles. The second-order valence-electron chi connectivity index (χ2n) is 7.59. The molecule has 2 heterocycles. The van der Waals surface area contributed by atoms with Gasteiger partial charge in [0.15, 0.2) is 0 Å². The molecular weight excluding hydrogens is 320 g/mol. The van der Waals surface area contributed by atoms with Crippen molar-refractivity contribution in [1.82, 2.24) is 10.2 Å². The molecule has 1 N–H and O–H groups in total. The Morgan fingerprint density at radius 3 is 2.77 bits per heavy atom. The normalized spacial score (nSPS) is 22.4. The quantitative estimate of drug-likeness (QED) is 0.829. The van der Waals surface area contributed by atoms with E-state index >= 15 is 0 Å². The van der Waals surface area contributed by atoms with E-state index in [1.807, 2.05) is 0 Å². The van der Waals surface area contributed by atoms with Crippen LogP contribution in [0.4, 0.5) is 0 Å². The number of para-hydroxylation sites is 1. The van der Waals surface area contributed by atoms with Crippen LogP contribution in [0.2, 0.25) is 0 Å². The summed E-state index contributed by atoms with van der Waals surface area (Å²) in [7, 11) is 0. The van der Waals surface area contributed by atoms with E-state index in [-0.39, 0.29) is 6.04 Å². The lowest BCUT2D eigenvalue weighted by atomic mass is 9.91. The number of ether oxygens (including phenoxy) is 1. The summed E-state index contributed by atoms with van der Waals surface area (Å²) in [6, 6.07) is 16.0. The zero-order valence-corrected chi connectivity index (χ0v) is 16.0. The molecule has 2 unspecified atom stereocenters. The molecule has 138 valence electrons. The van der Waals surface area contributed by atoms with Crippen molar-refractivity contribution in [2.24, 2.45) is 0 Å². The highest BCUT2D eigenvalue weighted by molar-refractivity contribution is 5.54. The third-order valence-corrected chi connectivity index (χ3v) is 5.73. The van der Waals surface area contributed by atoms with Crippen molar-refractivity contribution in [1.29, 1.82) is 0 Å². The number of fused-ring (bicyclic) bond motifs is 2. The fourth-order valence-corrected chi connectivity index (χ4v) is 4.35. The average Bonchev–Trinajstić information content (AvgIpc) is 2.68. The molecule has 2 atom stereocenters. The number of hydrogen-bond acceptors (Lipinski definition) is 3. The van der Waals surface area contributed by atoms with Crippen molar-refractivity contribution in [3.63, 3.8) is 0 Å². The van der Waals surface area contributed by atoms with Crippen LogP contribution in [0, 0.1) is 0 Å². The molecule has 1 saturated heterocycles. The minimum Gasteiger partial charge on any atom is -0.457 e. The number of aryl methyl sites for hydroxylation is 1. The minimum atomic E-state index is 0.216. The van der Waals surface area contributed by atoms with Gasteiger partial charge in [0, 0.05) is 23.7 Å². The number of benzene rings is 2. The Kier molecular flexibility index (Phi) is 5.28. The molecule has 0 aromatic heterocycles. The molecule has 0 amide bonds. The van der Waals surface area contributed by atoms with Gasteiger partial charge in [-0.25, -0.2) is 0 Å². The molecule has 26 heavy (non-hydrogen) atoms. The third-order valence-electron chi connectivity index (χ3n) is 5.73. The van der Waals surface area contributed by atoms with E-state index < -0.39 is 0 Å². The summed E-state index contributed by atoms with van der Waals surface area (Å²) in [5.74, 6) is 1.99. The number of rotatable bonds is 5. The molecule has 1 fully saturated rings. The maximum absolute atomic E-state index is 6.22. The van der Waals surface area contributed by atoms with Crippen molar-refractivity contribution in [2.75, 3.05) is 19.6 Å². The predicted octanol–water partition coefficient (Wildman–Crippen LogP) is 4.91. The van der Waals surface area contributed by atoms with Gasteiger partial charge in [-0.15, -0.1) is 0 Å². The fourth-order valence-electron chi connectivity index (χ4n) is 4.35. The Hall–Kier alpha value is -1.84. The first kappa shape index (κ1) is 17.6. The van der Waals surface area contributed by atoms with Gasteiger partial charge >= 0.3 is 0 Å². The second-order valence-corrected chi connectivity index (χ2v) is 7.59. The van der Waals surface area contributed by atoms with Crippen LogP contribution in [-0.2, 0) is 6.42 Å². The van der Waals surface area contributed by atoms with Crippen molar-refractivity contribution < 1.29 is 4.74 Å². The van der Waals surface area contributed by atoms with Crippen LogP contribution in [0.1, 0.15) is 55.8 Å². The lowest BCUT2D eigenvalue weighted by molar-refractivity contribution is 0.192. The number of nitrogens with one attached hydrogen (secondary N) is 1. The Morgan fingerprint density at radius 2 is 1.92 bits per heavy atom. The molecule has 3 nitrogen and oxygen atoms in total. The van der Waals surface area contributed by atoms with Crippen LogP contribution in [0.25, 0.3) is 0 Å². The van der Waals surface area contributed by atoms with Crippen LogP contribution in [0.5, 0.6) is 11.5 Å². The predicted molar refractivity (Wildman–Crippen MR) is 107 cm³/mol. The highest BCUT2D eigenvalue weighted by atomic mass is 16.5. The standard InChI is InChI=1S/C23H30N2O/c1-3-8-17-12-13-22-20(15-17)23(19-10-5-6-11-21(19)26-22)24-18-9-7-14-25(4-2)16-18/h5-6,10-13,15,18,23-24H,3-4,7-9,14,16H2,1-2H3. The molecule has 0 saturated carbocycles. The Labute approximate surface area is 157 Å². The molecule has 0 radical (unpaired) electrons. The Morgan fingerprint density at radius 1 is 1.08 bits per heavy atom. The smallest absolute Gasteiger partial charge is 0.132 e. The van der Waals surface area contributed by atoms with E-state index in [0.717, 1.165) is 31.0 Å². The van der Waals surface area contributed by atoms with Crippen LogP contribution >= 0.6 is 0 Å². The summed E-state index contributed by atoms with van der Waals surface area (Å²) in [5, 5.41) is 3.98.